The molecule has 0 N–H and O–H groups in total. The Balaban J connectivity index is 1.85. The highest BCUT2D eigenvalue weighted by atomic mass is 32.2. The molecule has 3 rings (SSSR count). The van der Waals surface area contributed by atoms with Crippen molar-refractivity contribution in [1.82, 2.24) is 0 Å². The molecular weight excluding hydrogens is 212 g/mol. The van der Waals surface area contributed by atoms with Crippen LogP contribution in [0.2, 0.25) is 0 Å². The van der Waals surface area contributed by atoms with Crippen LogP contribution in [0.3, 0.4) is 0 Å². The van der Waals surface area contributed by atoms with Crippen LogP contribution in [0, 0.1) is 0 Å². The third kappa shape index (κ3) is 1.60. The molecule has 0 spiro atoms. The molecule has 3 nitrogen and oxygen atoms in total. The van der Waals surface area contributed by atoms with E-state index >= 15 is 0 Å². The van der Waals surface area contributed by atoms with E-state index < -0.39 is 0 Å². The first-order valence-electron chi connectivity index (χ1n) is 5.49. The zero-order valence-corrected chi connectivity index (χ0v) is 9.48. The number of hydrogen-bond acceptors (Lipinski definition) is 3. The van der Waals surface area contributed by atoms with Crippen LogP contribution in [-0.2, 0) is 25.2 Å². The Bertz CT molecular complexity index is 318. The van der Waals surface area contributed by atoms with Gasteiger partial charge in [0.25, 0.3) is 0 Å². The second kappa shape index (κ2) is 3.83. The number of ether oxygens (including phenoxy) is 2. The van der Waals surface area contributed by atoms with E-state index in [1.165, 1.54) is 24.3 Å². The third-order valence-electron chi connectivity index (χ3n) is 3.31. The Labute approximate surface area is 92.2 Å². The Hall–Kier alpha value is -0.480. The average Bonchev–Trinajstić information content (AvgIpc) is 2.87. The molecule has 0 bridgehead atoms. The van der Waals surface area contributed by atoms with Gasteiger partial charge in [-0.05, 0) is 23.7 Å². The van der Waals surface area contributed by atoms with E-state index in [2.05, 4.69) is 0 Å². The topological polar surface area (TPSA) is 35.5 Å². The van der Waals surface area contributed by atoms with E-state index in [-0.39, 0.29) is 5.78 Å². The largest absolute Gasteiger partial charge is 0.466 e. The molecule has 0 amide bonds. The molecule has 2 aliphatic heterocycles. The summed E-state index contributed by atoms with van der Waals surface area (Å²) in [4.78, 5) is 11.8. The van der Waals surface area contributed by atoms with Crippen molar-refractivity contribution in [2.75, 3.05) is 24.9 Å². The predicted molar refractivity (Wildman–Crippen MR) is 58.7 cm³/mol. The number of Topliss-reactive ketones (excluding diaryl/α,β-unsaturated/α-hetero) is 1. The summed E-state index contributed by atoms with van der Waals surface area (Å²) < 4.78 is 10.7. The summed E-state index contributed by atoms with van der Waals surface area (Å²) in [5, 5.41) is 0.402. The van der Waals surface area contributed by atoms with E-state index in [9.17, 15) is 4.79 Å². The van der Waals surface area contributed by atoms with Crippen molar-refractivity contribution in [3.8, 4) is 0 Å². The third-order valence-corrected chi connectivity index (χ3v) is 6.12. The van der Waals surface area contributed by atoms with Crippen molar-refractivity contribution in [3.05, 3.63) is 11.3 Å². The lowest BCUT2D eigenvalue weighted by molar-refractivity contribution is -0.116. The lowest BCUT2D eigenvalue weighted by Gasteiger charge is -2.18. The molecule has 4 heteroatoms. The van der Waals surface area contributed by atoms with Gasteiger partial charge in [-0.3, -0.25) is 4.79 Å². The van der Waals surface area contributed by atoms with Crippen molar-refractivity contribution >= 4 is 16.7 Å². The molecular formula is C11H15O3S+. The summed E-state index contributed by atoms with van der Waals surface area (Å²) in [5.74, 6) is 3.82. The number of carbonyl (C=O) groups excluding carboxylic acids is 1. The summed E-state index contributed by atoms with van der Waals surface area (Å²) in [6, 6.07) is 0. The summed E-state index contributed by atoms with van der Waals surface area (Å²) in [5.41, 5.74) is 0.825. The van der Waals surface area contributed by atoms with Gasteiger partial charge in [0, 0.05) is 0 Å². The maximum atomic E-state index is 11.8. The fourth-order valence-corrected chi connectivity index (χ4v) is 5.35. The lowest BCUT2D eigenvalue weighted by atomic mass is 10.2. The minimum absolute atomic E-state index is 0.258. The summed E-state index contributed by atoms with van der Waals surface area (Å²) >= 11 is 0. The zero-order valence-electron chi connectivity index (χ0n) is 8.66. The van der Waals surface area contributed by atoms with E-state index in [0.29, 0.717) is 36.0 Å². The summed E-state index contributed by atoms with van der Waals surface area (Å²) in [7, 11) is 0.399. The van der Waals surface area contributed by atoms with E-state index in [1.54, 1.807) is 0 Å². The number of ketones is 1. The molecule has 0 saturated carbocycles. The van der Waals surface area contributed by atoms with Crippen molar-refractivity contribution in [3.63, 3.8) is 0 Å². The normalized spacial score (nSPS) is 32.0. The fourth-order valence-electron chi connectivity index (χ4n) is 2.53. The molecule has 1 fully saturated rings. The van der Waals surface area contributed by atoms with Crippen LogP contribution in [0.25, 0.3) is 0 Å². The molecule has 2 heterocycles. The lowest BCUT2D eigenvalue weighted by Crippen LogP contribution is -2.26. The number of hydrogen-bond donors (Lipinski definition) is 0. The fraction of sp³-hybridized carbons (Fsp3) is 0.727. The SMILES string of the molecule is O=C1CC([S+]2CCCC2)C2=C1COCO2. The number of carbonyl (C=O) groups is 1. The van der Waals surface area contributed by atoms with Crippen molar-refractivity contribution in [2.24, 2.45) is 0 Å². The van der Waals surface area contributed by atoms with Gasteiger partial charge in [0.1, 0.15) is 11.5 Å². The average molecular weight is 227 g/mol. The minimum Gasteiger partial charge on any atom is -0.466 e. The smallest absolute Gasteiger partial charge is 0.189 e. The van der Waals surface area contributed by atoms with E-state index in [4.69, 9.17) is 9.47 Å². The maximum Gasteiger partial charge on any atom is 0.189 e. The van der Waals surface area contributed by atoms with Crippen molar-refractivity contribution in [1.29, 1.82) is 0 Å². The molecule has 0 radical (unpaired) electrons. The molecule has 1 aliphatic carbocycles. The zero-order chi connectivity index (χ0) is 10.3. The Kier molecular flexibility index (Phi) is 2.48. The molecule has 0 aromatic heterocycles. The van der Waals surface area contributed by atoms with Gasteiger partial charge >= 0.3 is 0 Å². The molecule has 15 heavy (non-hydrogen) atoms. The van der Waals surface area contributed by atoms with Crippen LogP contribution in [-0.4, -0.2) is 35.9 Å². The van der Waals surface area contributed by atoms with Gasteiger partial charge in [-0.1, -0.05) is 0 Å². The van der Waals surface area contributed by atoms with Crippen LogP contribution < -0.4 is 0 Å². The molecule has 1 unspecified atom stereocenters. The summed E-state index contributed by atoms with van der Waals surface area (Å²) in [6.07, 6.45) is 3.33. The summed E-state index contributed by atoms with van der Waals surface area (Å²) in [6.45, 7) is 0.807. The first-order chi connectivity index (χ1) is 7.36. The van der Waals surface area contributed by atoms with E-state index in [1.807, 2.05) is 0 Å². The van der Waals surface area contributed by atoms with Gasteiger partial charge in [-0.15, -0.1) is 0 Å². The molecule has 1 atom stereocenters. The van der Waals surface area contributed by atoms with E-state index in [0.717, 1.165) is 11.3 Å². The van der Waals surface area contributed by atoms with Gasteiger partial charge in [0.2, 0.25) is 0 Å². The van der Waals surface area contributed by atoms with Crippen LogP contribution in [0.5, 0.6) is 0 Å². The second-order valence-corrected chi connectivity index (χ2v) is 6.68. The predicted octanol–water partition coefficient (Wildman–Crippen LogP) is 0.998. The highest BCUT2D eigenvalue weighted by Crippen LogP contribution is 2.36. The van der Waals surface area contributed by atoms with Crippen LogP contribution in [0.15, 0.2) is 11.3 Å². The first kappa shape index (κ1) is 9.73. The van der Waals surface area contributed by atoms with Crippen molar-refractivity contribution in [2.45, 2.75) is 24.5 Å². The highest BCUT2D eigenvalue weighted by molar-refractivity contribution is 7.97. The Morgan fingerprint density at radius 1 is 1.27 bits per heavy atom. The number of rotatable bonds is 1. The second-order valence-electron chi connectivity index (χ2n) is 4.22. The monoisotopic (exact) mass is 227 g/mol. The van der Waals surface area contributed by atoms with Crippen LogP contribution in [0.4, 0.5) is 0 Å². The Morgan fingerprint density at radius 2 is 2.07 bits per heavy atom. The maximum absolute atomic E-state index is 11.8. The molecule has 82 valence electrons. The van der Waals surface area contributed by atoms with Gasteiger partial charge in [0.05, 0.1) is 18.6 Å². The molecule has 0 aromatic carbocycles. The van der Waals surface area contributed by atoms with Gasteiger partial charge in [-0.2, -0.15) is 0 Å². The first-order valence-corrected chi connectivity index (χ1v) is 7.12. The van der Waals surface area contributed by atoms with Crippen LogP contribution >= 0.6 is 0 Å². The molecule has 0 aromatic rings. The van der Waals surface area contributed by atoms with Gasteiger partial charge < -0.3 is 9.47 Å². The van der Waals surface area contributed by atoms with Gasteiger partial charge in [-0.25, -0.2) is 0 Å². The van der Waals surface area contributed by atoms with Gasteiger partial charge in [0.15, 0.2) is 23.6 Å². The highest BCUT2D eigenvalue weighted by Gasteiger charge is 2.47. The molecule has 1 saturated heterocycles. The molecule has 3 aliphatic rings. The quantitative estimate of drug-likeness (QED) is 0.627. The minimum atomic E-state index is 0.258. The standard InChI is InChI=1S/C11H15O3S/c12-9-5-10(15-3-1-2-4-15)11-8(9)6-13-7-14-11/h10H,1-7H2/q+1. The van der Waals surface area contributed by atoms with Crippen molar-refractivity contribution < 1.29 is 14.3 Å². The van der Waals surface area contributed by atoms with Crippen LogP contribution in [0.1, 0.15) is 19.3 Å². The Morgan fingerprint density at radius 3 is 2.87 bits per heavy atom.